The molecule has 3 nitrogen and oxygen atoms in total. The van der Waals surface area contributed by atoms with Gasteiger partial charge in [0, 0.05) is 22.5 Å². The third kappa shape index (κ3) is 3.51. The summed E-state index contributed by atoms with van der Waals surface area (Å²) in [6, 6.07) is 18.4. The summed E-state index contributed by atoms with van der Waals surface area (Å²) in [6.07, 6.45) is 0. The minimum atomic E-state index is -1.79. The van der Waals surface area contributed by atoms with Crippen LogP contribution in [0.2, 0.25) is 38.8 Å². The second-order valence-electron chi connectivity index (χ2n) is 10.4. The third-order valence-electron chi connectivity index (χ3n) is 7.43. The van der Waals surface area contributed by atoms with E-state index in [0.717, 1.165) is 11.4 Å². The van der Waals surface area contributed by atoms with Crippen LogP contribution < -0.4 is 11.5 Å². The van der Waals surface area contributed by atoms with Gasteiger partial charge >= 0.3 is 0 Å². The number of nitrogen functional groups attached to an aromatic ring is 2. The highest BCUT2D eigenvalue weighted by atomic mass is 29.6. The highest BCUT2D eigenvalue weighted by Gasteiger charge is 2.65. The molecule has 6 heteroatoms. The summed E-state index contributed by atoms with van der Waals surface area (Å²) >= 11 is 0. The standard InChI is InChI=1S/C22H36N2OSi3/c1-22(2)16-28(7,27(5,6)26(3,4)25-22)21(17-8-12-19(23)13-9-17)18-10-14-20(24)15-11-18/h8-15,21H,16,23-24H2,1-7H3. The molecule has 1 saturated heterocycles. The van der Waals surface area contributed by atoms with Gasteiger partial charge in [0.15, 0.2) is 7.83 Å². The van der Waals surface area contributed by atoms with Crippen molar-refractivity contribution in [3.05, 3.63) is 59.7 Å². The van der Waals surface area contributed by atoms with Crippen molar-refractivity contribution < 1.29 is 4.43 Å². The van der Waals surface area contributed by atoms with E-state index in [1.54, 1.807) is 0 Å². The molecule has 0 aliphatic carbocycles. The lowest BCUT2D eigenvalue weighted by Gasteiger charge is -2.61. The highest BCUT2D eigenvalue weighted by Crippen LogP contribution is 2.51. The summed E-state index contributed by atoms with van der Waals surface area (Å²) in [5.74, 6) is 0. The fourth-order valence-corrected chi connectivity index (χ4v) is 40.1. The Kier molecular flexibility index (Phi) is 5.24. The molecule has 0 bridgehead atoms. The summed E-state index contributed by atoms with van der Waals surface area (Å²) in [7, 11) is -5.20. The first-order valence-corrected chi connectivity index (χ1v) is 20.9. The number of rotatable bonds is 3. The van der Waals surface area contributed by atoms with Gasteiger partial charge in [0.25, 0.3) is 0 Å². The minimum Gasteiger partial charge on any atom is -0.416 e. The van der Waals surface area contributed by atoms with Crippen LogP contribution in [0, 0.1) is 0 Å². The zero-order chi connectivity index (χ0) is 21.0. The summed E-state index contributed by atoms with van der Waals surface area (Å²) in [4.78, 5) is 0. The third-order valence-corrected chi connectivity index (χ3v) is 47.7. The van der Waals surface area contributed by atoms with E-state index in [-0.39, 0.29) is 5.60 Å². The quantitative estimate of drug-likeness (QED) is 0.502. The molecule has 0 radical (unpaired) electrons. The van der Waals surface area contributed by atoms with Gasteiger partial charge in [-0.05, 0) is 68.4 Å². The van der Waals surface area contributed by atoms with Crippen LogP contribution in [0.1, 0.15) is 30.5 Å². The van der Waals surface area contributed by atoms with Gasteiger partial charge in [0.05, 0.1) is 14.7 Å². The van der Waals surface area contributed by atoms with Gasteiger partial charge in [-0.15, -0.1) is 0 Å². The zero-order valence-electron chi connectivity index (χ0n) is 18.5. The number of nitrogens with two attached hydrogens (primary N) is 2. The Balaban J connectivity index is 2.25. The van der Waals surface area contributed by atoms with Gasteiger partial charge in [-0.2, -0.15) is 0 Å². The monoisotopic (exact) mass is 428 g/mol. The topological polar surface area (TPSA) is 61.3 Å². The second-order valence-corrected chi connectivity index (χ2v) is 36.6. The largest absolute Gasteiger partial charge is 0.416 e. The number of hydrogen-bond donors (Lipinski definition) is 2. The second kappa shape index (κ2) is 6.86. The van der Waals surface area contributed by atoms with E-state index in [1.807, 2.05) is 0 Å². The first-order valence-electron chi connectivity index (χ1n) is 10.2. The number of anilines is 2. The molecule has 1 aliphatic heterocycles. The molecule has 1 atom stereocenters. The van der Waals surface area contributed by atoms with Gasteiger partial charge in [-0.3, -0.25) is 0 Å². The maximum atomic E-state index is 6.83. The van der Waals surface area contributed by atoms with E-state index in [4.69, 9.17) is 15.9 Å². The molecule has 0 aromatic heterocycles. The number of hydrogen-bond acceptors (Lipinski definition) is 3. The van der Waals surface area contributed by atoms with E-state index >= 15 is 0 Å². The summed E-state index contributed by atoms with van der Waals surface area (Å²) < 4.78 is 6.83. The van der Waals surface area contributed by atoms with Crippen molar-refractivity contribution in [1.82, 2.24) is 0 Å². The predicted molar refractivity (Wildman–Crippen MR) is 130 cm³/mol. The fraction of sp³-hybridized carbons (Fsp3) is 0.455. The van der Waals surface area contributed by atoms with Crippen LogP contribution in [0.25, 0.3) is 0 Å². The van der Waals surface area contributed by atoms with Crippen molar-refractivity contribution >= 4 is 33.9 Å². The Morgan fingerprint density at radius 2 is 1.18 bits per heavy atom. The SMILES string of the molecule is CC1(C)C[Si](C)(C(c2ccc(N)cc2)c2ccc(N)cc2)[Si](C)(C)[Si](C)(C)O1. The van der Waals surface area contributed by atoms with Crippen molar-refractivity contribution in [2.75, 3.05) is 11.5 Å². The van der Waals surface area contributed by atoms with E-state index in [2.05, 4.69) is 95.1 Å². The van der Waals surface area contributed by atoms with Crippen LogP contribution in [-0.2, 0) is 4.43 Å². The number of benzene rings is 2. The zero-order valence-corrected chi connectivity index (χ0v) is 21.5. The van der Waals surface area contributed by atoms with Crippen molar-refractivity contribution in [2.45, 2.75) is 63.8 Å². The Bertz CT molecular complexity index is 802. The van der Waals surface area contributed by atoms with E-state index in [0.29, 0.717) is 5.54 Å². The molecule has 1 fully saturated rings. The highest BCUT2D eigenvalue weighted by molar-refractivity contribution is 7.68. The van der Waals surface area contributed by atoms with E-state index in [1.165, 1.54) is 17.2 Å². The van der Waals surface area contributed by atoms with Crippen molar-refractivity contribution in [3.63, 3.8) is 0 Å². The van der Waals surface area contributed by atoms with Crippen LogP contribution in [0.3, 0.4) is 0 Å². The maximum absolute atomic E-state index is 6.83. The molecule has 3 rings (SSSR count). The molecule has 152 valence electrons. The Morgan fingerprint density at radius 3 is 1.57 bits per heavy atom. The van der Waals surface area contributed by atoms with Crippen LogP contribution in [0.4, 0.5) is 11.4 Å². The van der Waals surface area contributed by atoms with Crippen molar-refractivity contribution in [1.29, 1.82) is 0 Å². The Labute approximate surface area is 173 Å². The molecule has 0 amide bonds. The average molecular weight is 429 g/mol. The molecule has 2 aromatic rings. The summed E-state index contributed by atoms with van der Waals surface area (Å²) in [5.41, 5.74) is 16.9. The van der Waals surface area contributed by atoms with Gasteiger partial charge < -0.3 is 15.9 Å². The molecule has 1 unspecified atom stereocenters. The average Bonchev–Trinajstić information content (AvgIpc) is 2.56. The molecular formula is C22H36N2OSi3. The van der Waals surface area contributed by atoms with Gasteiger partial charge in [0.2, 0.25) is 0 Å². The first kappa shape index (κ1) is 21.4. The van der Waals surface area contributed by atoms with Crippen LogP contribution in [-0.4, -0.2) is 28.1 Å². The van der Waals surface area contributed by atoms with Gasteiger partial charge in [-0.1, -0.05) is 43.9 Å². The van der Waals surface area contributed by atoms with Gasteiger partial charge in [0.1, 0.15) is 0 Å². The van der Waals surface area contributed by atoms with Crippen LogP contribution in [0.15, 0.2) is 48.5 Å². The molecule has 4 N–H and O–H groups in total. The summed E-state index contributed by atoms with van der Waals surface area (Å²) in [6.45, 7) is 17.4. The molecule has 1 aliphatic rings. The molecule has 0 saturated carbocycles. The van der Waals surface area contributed by atoms with Gasteiger partial charge in [-0.25, -0.2) is 0 Å². The predicted octanol–water partition coefficient (Wildman–Crippen LogP) is 5.48. The Hall–Kier alpha value is -1.35. The lowest BCUT2D eigenvalue weighted by Crippen LogP contribution is -2.80. The smallest absolute Gasteiger partial charge is 0.172 e. The first-order chi connectivity index (χ1) is 12.8. The normalized spacial score (nSPS) is 25.6. The van der Waals surface area contributed by atoms with Crippen LogP contribution in [0.5, 0.6) is 0 Å². The van der Waals surface area contributed by atoms with Crippen molar-refractivity contribution in [3.8, 4) is 0 Å². The lowest BCUT2D eigenvalue weighted by molar-refractivity contribution is 0.122. The van der Waals surface area contributed by atoms with Crippen molar-refractivity contribution in [2.24, 2.45) is 0 Å². The molecular weight excluding hydrogens is 393 g/mol. The lowest BCUT2D eigenvalue weighted by atomic mass is 10.0. The summed E-state index contributed by atoms with van der Waals surface area (Å²) in [5, 5.41) is 0. The van der Waals surface area contributed by atoms with E-state index < -0.39 is 22.5 Å². The van der Waals surface area contributed by atoms with E-state index in [9.17, 15) is 0 Å². The fourth-order valence-electron chi connectivity index (χ4n) is 5.42. The molecule has 28 heavy (non-hydrogen) atoms. The maximum Gasteiger partial charge on any atom is 0.172 e. The molecule has 0 spiro atoms. The molecule has 2 aromatic carbocycles. The minimum absolute atomic E-state index is 0.0565. The Morgan fingerprint density at radius 1 is 0.786 bits per heavy atom. The molecule has 1 heterocycles. The van der Waals surface area contributed by atoms with Crippen LogP contribution >= 0.6 is 0 Å².